The summed E-state index contributed by atoms with van der Waals surface area (Å²) in [4.78, 5) is 0. The van der Waals surface area contributed by atoms with Gasteiger partial charge >= 0.3 is 0 Å². The van der Waals surface area contributed by atoms with Gasteiger partial charge in [0.05, 0.1) is 18.8 Å². The van der Waals surface area contributed by atoms with Crippen LogP contribution in [0.2, 0.25) is 5.02 Å². The van der Waals surface area contributed by atoms with Crippen molar-refractivity contribution in [2.45, 2.75) is 44.4 Å². The molecule has 0 radical (unpaired) electrons. The lowest BCUT2D eigenvalue weighted by Gasteiger charge is -2.41. The highest BCUT2D eigenvalue weighted by molar-refractivity contribution is 6.31. The van der Waals surface area contributed by atoms with Crippen LogP contribution in [0.4, 0.5) is 0 Å². The Labute approximate surface area is 214 Å². The maximum atomic E-state index is 10.4. The van der Waals surface area contributed by atoms with Crippen molar-refractivity contribution in [2.24, 2.45) is 5.92 Å². The van der Waals surface area contributed by atoms with E-state index in [1.54, 1.807) is 0 Å². The van der Waals surface area contributed by atoms with E-state index in [2.05, 4.69) is 0 Å². The molecule has 7 heteroatoms. The molecular formula is C29H29ClO6. The number of hydrogen-bond donors (Lipinski definition) is 3. The van der Waals surface area contributed by atoms with Gasteiger partial charge in [-0.1, -0.05) is 61.0 Å². The van der Waals surface area contributed by atoms with E-state index in [1.165, 1.54) is 0 Å². The number of halogens is 1. The van der Waals surface area contributed by atoms with Crippen molar-refractivity contribution >= 4 is 22.6 Å². The van der Waals surface area contributed by atoms with E-state index < -0.39 is 24.4 Å². The highest BCUT2D eigenvalue weighted by Crippen LogP contribution is 2.38. The molecule has 0 saturated carbocycles. The van der Waals surface area contributed by atoms with E-state index in [1.807, 2.05) is 79.7 Å². The van der Waals surface area contributed by atoms with E-state index in [0.29, 0.717) is 18.1 Å². The molecule has 5 rings (SSSR count). The molecule has 5 atom stereocenters. The number of furan rings is 1. The summed E-state index contributed by atoms with van der Waals surface area (Å²) in [5.41, 5.74) is 3.67. The molecule has 1 saturated heterocycles. The zero-order valence-corrected chi connectivity index (χ0v) is 20.6. The molecule has 1 fully saturated rings. The Kier molecular flexibility index (Phi) is 7.32. The summed E-state index contributed by atoms with van der Waals surface area (Å²) in [5.74, 6) is 1.16. The highest BCUT2D eigenvalue weighted by Gasteiger charge is 2.42. The summed E-state index contributed by atoms with van der Waals surface area (Å²) in [5, 5.41) is 31.8. The number of para-hydroxylation sites is 1. The molecule has 6 nitrogen and oxygen atoms in total. The first-order chi connectivity index (χ1) is 17.4. The molecule has 188 valence electrons. The second-order valence-electron chi connectivity index (χ2n) is 9.33. The lowest BCUT2D eigenvalue weighted by Crippen LogP contribution is -2.51. The summed E-state index contributed by atoms with van der Waals surface area (Å²) in [6.45, 7) is 1.80. The van der Waals surface area contributed by atoms with Crippen molar-refractivity contribution in [3.05, 3.63) is 100 Å². The smallest absolute Gasteiger partial charge is 0.146 e. The number of rotatable bonds is 7. The summed E-state index contributed by atoms with van der Waals surface area (Å²) < 4.78 is 17.6. The van der Waals surface area contributed by atoms with E-state index in [4.69, 9.17) is 25.5 Å². The largest absolute Gasteiger partial charge is 0.486 e. The lowest BCUT2D eigenvalue weighted by molar-refractivity contribution is -0.207. The van der Waals surface area contributed by atoms with Crippen LogP contribution in [0.1, 0.15) is 35.5 Å². The molecule has 1 aromatic heterocycles. The Morgan fingerprint density at radius 1 is 0.944 bits per heavy atom. The molecule has 0 bridgehead atoms. The number of hydrogen-bond acceptors (Lipinski definition) is 6. The molecule has 1 aliphatic rings. The predicted octanol–water partition coefficient (Wildman–Crippen LogP) is 5.05. The molecule has 1 aliphatic heterocycles. The van der Waals surface area contributed by atoms with Crippen molar-refractivity contribution in [1.82, 2.24) is 0 Å². The Morgan fingerprint density at radius 3 is 2.47 bits per heavy atom. The first kappa shape index (κ1) is 24.8. The van der Waals surface area contributed by atoms with Gasteiger partial charge in [0.2, 0.25) is 0 Å². The van der Waals surface area contributed by atoms with Crippen molar-refractivity contribution in [3.63, 3.8) is 0 Å². The second kappa shape index (κ2) is 10.6. The van der Waals surface area contributed by atoms with Crippen molar-refractivity contribution in [2.75, 3.05) is 6.61 Å². The molecule has 2 unspecified atom stereocenters. The van der Waals surface area contributed by atoms with Crippen LogP contribution in [-0.2, 0) is 17.8 Å². The average Bonchev–Trinajstić information content (AvgIpc) is 3.32. The van der Waals surface area contributed by atoms with Gasteiger partial charge in [0, 0.05) is 16.3 Å². The van der Waals surface area contributed by atoms with Crippen LogP contribution in [-0.4, -0.2) is 40.2 Å². The molecule has 4 aromatic rings. The number of fused-ring (bicyclic) bond motifs is 1. The van der Waals surface area contributed by atoms with Crippen LogP contribution in [0, 0.1) is 5.92 Å². The van der Waals surface area contributed by atoms with Gasteiger partial charge in [0.1, 0.15) is 35.9 Å². The molecule has 0 aliphatic carbocycles. The minimum atomic E-state index is -1.12. The second-order valence-corrected chi connectivity index (χ2v) is 9.74. The number of ether oxygens (including phenoxy) is 2. The summed E-state index contributed by atoms with van der Waals surface area (Å²) in [6, 6.07) is 23.3. The Bertz CT molecular complexity index is 1280. The van der Waals surface area contributed by atoms with Gasteiger partial charge in [-0.15, -0.1) is 0 Å². The molecule has 2 heterocycles. The van der Waals surface area contributed by atoms with Crippen molar-refractivity contribution in [3.8, 4) is 5.75 Å². The molecule has 3 N–H and O–H groups in total. The summed E-state index contributed by atoms with van der Waals surface area (Å²) >= 11 is 6.51. The maximum absolute atomic E-state index is 10.4. The monoisotopic (exact) mass is 508 g/mol. The lowest BCUT2D eigenvalue weighted by atomic mass is 9.84. The van der Waals surface area contributed by atoms with Gasteiger partial charge in [0.25, 0.3) is 0 Å². The zero-order chi connectivity index (χ0) is 25.2. The van der Waals surface area contributed by atoms with Crippen LogP contribution in [0.25, 0.3) is 11.0 Å². The SMILES string of the molecule is CC1[C@@H](O)C(O)[C@@H](CO)O[C@H]1c1ccc(Cl)c(Cc2ccc(OCc3cc4ccccc4o3)cc2)c1. The minimum Gasteiger partial charge on any atom is -0.486 e. The molecule has 3 aromatic carbocycles. The van der Waals surface area contributed by atoms with Gasteiger partial charge in [-0.05, 0) is 53.4 Å². The quantitative estimate of drug-likeness (QED) is 0.324. The molecule has 0 spiro atoms. The van der Waals surface area contributed by atoms with E-state index in [-0.39, 0.29) is 12.5 Å². The van der Waals surface area contributed by atoms with Crippen LogP contribution in [0.5, 0.6) is 5.75 Å². The number of aliphatic hydroxyl groups excluding tert-OH is 3. The number of benzene rings is 3. The van der Waals surface area contributed by atoms with Crippen LogP contribution in [0.15, 0.2) is 77.2 Å². The third-order valence-corrected chi connectivity index (χ3v) is 7.19. The predicted molar refractivity (Wildman–Crippen MR) is 137 cm³/mol. The Morgan fingerprint density at radius 2 is 1.72 bits per heavy atom. The fraction of sp³-hybridized carbons (Fsp3) is 0.310. The molecule has 0 amide bonds. The molecule has 36 heavy (non-hydrogen) atoms. The van der Waals surface area contributed by atoms with Gasteiger partial charge in [0.15, 0.2) is 0 Å². The number of aliphatic hydroxyl groups is 3. The van der Waals surface area contributed by atoms with E-state index in [0.717, 1.165) is 39.2 Å². The Hall–Kier alpha value is -2.87. The average molecular weight is 509 g/mol. The van der Waals surface area contributed by atoms with Crippen molar-refractivity contribution < 1.29 is 29.2 Å². The summed E-state index contributed by atoms with van der Waals surface area (Å²) in [7, 11) is 0. The fourth-order valence-electron chi connectivity index (χ4n) is 4.73. The van der Waals surface area contributed by atoms with E-state index >= 15 is 0 Å². The maximum Gasteiger partial charge on any atom is 0.146 e. The van der Waals surface area contributed by atoms with Crippen LogP contribution < -0.4 is 4.74 Å². The normalized spacial score (nSPS) is 24.2. The standard InChI is InChI=1S/C29H29ClO6/c1-17-27(32)28(33)26(15-31)36-29(17)20-8-11-24(30)21(13-20)12-18-6-9-22(10-7-18)34-16-23-14-19-4-2-3-5-25(19)35-23/h2-11,13-14,17,26-29,31-33H,12,15-16H2,1H3/t17?,26-,27-,28?,29-/m1/s1. The zero-order valence-electron chi connectivity index (χ0n) is 19.9. The van der Waals surface area contributed by atoms with Gasteiger partial charge in [-0.25, -0.2) is 0 Å². The topological polar surface area (TPSA) is 92.3 Å². The fourth-order valence-corrected chi connectivity index (χ4v) is 4.91. The third-order valence-electron chi connectivity index (χ3n) is 6.82. The van der Waals surface area contributed by atoms with Gasteiger partial charge < -0.3 is 29.2 Å². The highest BCUT2D eigenvalue weighted by atomic mass is 35.5. The third kappa shape index (κ3) is 5.14. The first-order valence-corrected chi connectivity index (χ1v) is 12.4. The van der Waals surface area contributed by atoms with Crippen molar-refractivity contribution in [1.29, 1.82) is 0 Å². The minimum absolute atomic E-state index is 0.344. The summed E-state index contributed by atoms with van der Waals surface area (Å²) in [6.07, 6.45) is -2.82. The van der Waals surface area contributed by atoms with Gasteiger partial charge in [-0.2, -0.15) is 0 Å². The van der Waals surface area contributed by atoms with Crippen LogP contribution in [0.3, 0.4) is 0 Å². The van der Waals surface area contributed by atoms with Gasteiger partial charge in [-0.3, -0.25) is 0 Å². The Balaban J connectivity index is 1.26. The van der Waals surface area contributed by atoms with E-state index in [9.17, 15) is 15.3 Å². The first-order valence-electron chi connectivity index (χ1n) is 12.0. The molecular weight excluding hydrogens is 480 g/mol. The van der Waals surface area contributed by atoms with Crippen LogP contribution >= 0.6 is 11.6 Å².